The van der Waals surface area contributed by atoms with Crippen LogP contribution in [0.3, 0.4) is 0 Å². The fraction of sp³-hybridized carbons (Fsp3) is 0.421. The van der Waals surface area contributed by atoms with Crippen LogP contribution >= 0.6 is 22.6 Å². The second kappa shape index (κ2) is 7.68. The summed E-state index contributed by atoms with van der Waals surface area (Å²) < 4.78 is 0.849. The third-order valence-corrected chi connectivity index (χ3v) is 5.58. The first kappa shape index (κ1) is 16.8. The van der Waals surface area contributed by atoms with Crippen molar-refractivity contribution in [3.8, 4) is 11.3 Å². The number of hydrogen-bond acceptors (Lipinski definition) is 4. The van der Waals surface area contributed by atoms with Crippen LogP contribution in [0, 0.1) is 0 Å². The van der Waals surface area contributed by atoms with Crippen LogP contribution in [0.5, 0.6) is 0 Å². The Bertz CT molecular complexity index is 852. The molecule has 0 unspecified atom stereocenters. The second-order valence-corrected chi connectivity index (χ2v) is 7.40. The molecular formula is C19H22IN5. The Balaban J connectivity index is 1.62. The fourth-order valence-electron chi connectivity index (χ4n) is 3.49. The molecule has 4 rings (SSSR count). The quantitative estimate of drug-likeness (QED) is 0.332. The summed E-state index contributed by atoms with van der Waals surface area (Å²) in [5, 5.41) is 3.64. The highest BCUT2D eigenvalue weighted by Gasteiger charge is 2.14. The number of nitrogens with one attached hydrogen (secondary N) is 2. The molecule has 1 saturated carbocycles. The number of fused-ring (bicyclic) bond motifs is 1. The van der Waals surface area contributed by atoms with Crippen LogP contribution in [0.1, 0.15) is 44.2 Å². The zero-order valence-electron chi connectivity index (χ0n) is 14.1. The highest BCUT2D eigenvalue weighted by Crippen LogP contribution is 2.27. The minimum Gasteiger partial charge on any atom is -0.367 e. The number of aromatic amines is 1. The molecule has 2 N–H and O–H groups in total. The van der Waals surface area contributed by atoms with E-state index in [1.807, 2.05) is 18.5 Å². The SMILES string of the molecule is ICc1cnc2[nH]cc(-c3cccc(NC4CCCCCC4)n3)c2n1. The Morgan fingerprint density at radius 3 is 2.76 bits per heavy atom. The van der Waals surface area contributed by atoms with Gasteiger partial charge in [0.2, 0.25) is 0 Å². The predicted molar refractivity (Wildman–Crippen MR) is 110 cm³/mol. The number of halogens is 1. The van der Waals surface area contributed by atoms with Gasteiger partial charge in [0.05, 0.1) is 17.6 Å². The third kappa shape index (κ3) is 3.78. The lowest BCUT2D eigenvalue weighted by Crippen LogP contribution is -2.19. The van der Waals surface area contributed by atoms with Crippen molar-refractivity contribution in [1.82, 2.24) is 19.9 Å². The number of hydrogen-bond donors (Lipinski definition) is 2. The highest BCUT2D eigenvalue weighted by atomic mass is 127. The van der Waals surface area contributed by atoms with E-state index < -0.39 is 0 Å². The lowest BCUT2D eigenvalue weighted by atomic mass is 10.1. The first-order valence-corrected chi connectivity index (χ1v) is 10.5. The molecule has 1 aliphatic rings. The largest absolute Gasteiger partial charge is 0.367 e. The van der Waals surface area contributed by atoms with Gasteiger partial charge >= 0.3 is 0 Å². The van der Waals surface area contributed by atoms with Gasteiger partial charge in [-0.1, -0.05) is 54.3 Å². The minimum absolute atomic E-state index is 0.540. The fourth-order valence-corrected chi connectivity index (χ4v) is 3.85. The van der Waals surface area contributed by atoms with E-state index in [1.54, 1.807) is 0 Å². The van der Waals surface area contributed by atoms with Gasteiger partial charge in [0.25, 0.3) is 0 Å². The maximum Gasteiger partial charge on any atom is 0.156 e. The van der Waals surface area contributed by atoms with Gasteiger partial charge in [-0.3, -0.25) is 0 Å². The maximum absolute atomic E-state index is 4.84. The molecule has 0 spiro atoms. The first-order valence-electron chi connectivity index (χ1n) is 8.96. The number of pyridine rings is 1. The average molecular weight is 447 g/mol. The maximum atomic E-state index is 4.84. The van der Waals surface area contributed by atoms with E-state index >= 15 is 0 Å². The van der Waals surface area contributed by atoms with E-state index in [4.69, 9.17) is 9.97 Å². The summed E-state index contributed by atoms with van der Waals surface area (Å²) in [7, 11) is 0. The summed E-state index contributed by atoms with van der Waals surface area (Å²) in [6.07, 6.45) is 11.6. The third-order valence-electron chi connectivity index (χ3n) is 4.80. The van der Waals surface area contributed by atoms with Crippen molar-refractivity contribution in [2.75, 3.05) is 5.32 Å². The van der Waals surface area contributed by atoms with E-state index in [9.17, 15) is 0 Å². The van der Waals surface area contributed by atoms with Crippen molar-refractivity contribution in [2.45, 2.75) is 49.0 Å². The van der Waals surface area contributed by atoms with Gasteiger partial charge in [0, 0.05) is 22.2 Å². The minimum atomic E-state index is 0.540. The summed E-state index contributed by atoms with van der Waals surface area (Å²) in [6.45, 7) is 0. The Labute approximate surface area is 161 Å². The van der Waals surface area contributed by atoms with E-state index in [0.29, 0.717) is 6.04 Å². The van der Waals surface area contributed by atoms with Gasteiger partial charge in [-0.05, 0) is 25.0 Å². The Hall–Kier alpha value is -1.70. The summed E-state index contributed by atoms with van der Waals surface area (Å²) >= 11 is 2.31. The molecule has 0 aromatic carbocycles. The Morgan fingerprint density at radius 2 is 1.96 bits per heavy atom. The Morgan fingerprint density at radius 1 is 1.12 bits per heavy atom. The number of alkyl halides is 1. The van der Waals surface area contributed by atoms with Gasteiger partial charge in [0.15, 0.2) is 5.65 Å². The van der Waals surface area contributed by atoms with Gasteiger partial charge in [-0.25, -0.2) is 15.0 Å². The number of H-pyrrole nitrogens is 1. The molecule has 0 bridgehead atoms. The molecule has 0 atom stereocenters. The molecule has 3 aromatic rings. The summed E-state index contributed by atoms with van der Waals surface area (Å²) in [5.41, 5.74) is 4.64. The number of rotatable bonds is 4. The first-order chi connectivity index (χ1) is 12.3. The zero-order chi connectivity index (χ0) is 17.1. The van der Waals surface area contributed by atoms with Crippen LogP contribution in [0.25, 0.3) is 22.4 Å². The van der Waals surface area contributed by atoms with Gasteiger partial charge in [0.1, 0.15) is 11.3 Å². The van der Waals surface area contributed by atoms with Crippen molar-refractivity contribution in [1.29, 1.82) is 0 Å². The van der Waals surface area contributed by atoms with Gasteiger partial charge in [-0.2, -0.15) is 0 Å². The van der Waals surface area contributed by atoms with Crippen molar-refractivity contribution in [3.05, 3.63) is 36.3 Å². The van der Waals surface area contributed by atoms with Crippen LogP contribution in [-0.4, -0.2) is 26.0 Å². The van der Waals surface area contributed by atoms with Crippen LogP contribution in [0.15, 0.2) is 30.6 Å². The molecular weight excluding hydrogens is 425 g/mol. The van der Waals surface area contributed by atoms with Crippen molar-refractivity contribution >= 4 is 39.6 Å². The van der Waals surface area contributed by atoms with Crippen molar-refractivity contribution < 1.29 is 0 Å². The predicted octanol–water partition coefficient (Wildman–Crippen LogP) is 5.09. The summed E-state index contributed by atoms with van der Waals surface area (Å²) in [6, 6.07) is 6.71. The van der Waals surface area contributed by atoms with Crippen LogP contribution in [0.4, 0.5) is 5.82 Å². The van der Waals surface area contributed by atoms with E-state index in [-0.39, 0.29) is 0 Å². The molecule has 0 radical (unpaired) electrons. The molecule has 3 heterocycles. The summed E-state index contributed by atoms with van der Waals surface area (Å²) in [5.74, 6) is 0.955. The topological polar surface area (TPSA) is 66.5 Å². The monoisotopic (exact) mass is 447 g/mol. The molecule has 6 heteroatoms. The standard InChI is InChI=1S/C19H22IN5/c20-10-14-11-21-19-18(24-14)15(12-22-19)16-8-5-9-17(25-16)23-13-6-3-1-2-4-7-13/h5,8-9,11-13H,1-4,6-7,10H2,(H,21,22)(H,23,25). The zero-order valence-corrected chi connectivity index (χ0v) is 16.3. The normalized spacial score (nSPS) is 16.0. The van der Waals surface area contributed by atoms with E-state index in [2.05, 4.69) is 50.0 Å². The molecule has 25 heavy (non-hydrogen) atoms. The van der Waals surface area contributed by atoms with Crippen LogP contribution in [0.2, 0.25) is 0 Å². The highest BCUT2D eigenvalue weighted by molar-refractivity contribution is 14.1. The van der Waals surface area contributed by atoms with E-state index in [0.717, 1.165) is 38.4 Å². The van der Waals surface area contributed by atoms with Gasteiger partial charge in [-0.15, -0.1) is 0 Å². The lowest BCUT2D eigenvalue weighted by Gasteiger charge is -2.17. The van der Waals surface area contributed by atoms with E-state index in [1.165, 1.54) is 38.5 Å². The average Bonchev–Trinajstić information content (AvgIpc) is 2.90. The summed E-state index contributed by atoms with van der Waals surface area (Å²) in [4.78, 5) is 17.2. The van der Waals surface area contributed by atoms with Crippen LogP contribution in [-0.2, 0) is 4.43 Å². The lowest BCUT2D eigenvalue weighted by molar-refractivity contribution is 0.618. The van der Waals surface area contributed by atoms with Crippen molar-refractivity contribution in [2.24, 2.45) is 0 Å². The van der Waals surface area contributed by atoms with Gasteiger partial charge < -0.3 is 10.3 Å². The molecule has 0 saturated heterocycles. The Kier molecular flexibility index (Phi) is 5.14. The molecule has 0 amide bonds. The molecule has 5 nitrogen and oxygen atoms in total. The number of aromatic nitrogens is 4. The second-order valence-electron chi connectivity index (χ2n) is 6.64. The molecule has 3 aromatic heterocycles. The molecule has 1 fully saturated rings. The number of nitrogens with zero attached hydrogens (tertiary/aromatic N) is 3. The number of anilines is 1. The van der Waals surface area contributed by atoms with Crippen LogP contribution < -0.4 is 5.32 Å². The molecule has 1 aliphatic carbocycles. The molecule has 0 aliphatic heterocycles. The van der Waals surface area contributed by atoms with Crippen molar-refractivity contribution in [3.63, 3.8) is 0 Å². The smallest absolute Gasteiger partial charge is 0.156 e. The molecule has 130 valence electrons.